The van der Waals surface area contributed by atoms with Crippen LogP contribution in [0.1, 0.15) is 20.8 Å². The normalized spacial score (nSPS) is 18.6. The smallest absolute Gasteiger partial charge is 0.249 e. The van der Waals surface area contributed by atoms with Crippen molar-refractivity contribution in [1.29, 1.82) is 0 Å². The number of Topliss-reactive ketones (excluding diaryl/α,β-unsaturated/α-hetero) is 1. The monoisotopic (exact) mass is 227 g/mol. The van der Waals surface area contributed by atoms with Crippen LogP contribution in [-0.4, -0.2) is 21.5 Å². The van der Waals surface area contributed by atoms with E-state index in [0.717, 1.165) is 16.9 Å². The minimum atomic E-state index is 0.0791. The van der Waals surface area contributed by atoms with Crippen molar-refractivity contribution in [2.75, 3.05) is 0 Å². The number of hydrogen-bond donors (Lipinski definition) is 0. The maximum atomic E-state index is 11.7. The zero-order chi connectivity index (χ0) is 12.4. The molecular formula is C13H13N3O. The first-order valence-corrected chi connectivity index (χ1v) is 5.36. The van der Waals surface area contributed by atoms with Crippen molar-refractivity contribution < 1.29 is 4.79 Å². The Morgan fingerprint density at radius 1 is 1.06 bits per heavy atom. The third kappa shape index (κ3) is 2.20. The summed E-state index contributed by atoms with van der Waals surface area (Å²) < 4.78 is 0. The summed E-state index contributed by atoms with van der Waals surface area (Å²) in [4.78, 5) is 24.1. The van der Waals surface area contributed by atoms with Gasteiger partial charge >= 0.3 is 0 Å². The van der Waals surface area contributed by atoms with Crippen LogP contribution in [0.4, 0.5) is 5.95 Å². The zero-order valence-electron chi connectivity index (χ0n) is 10.1. The van der Waals surface area contributed by atoms with E-state index in [-0.39, 0.29) is 5.78 Å². The van der Waals surface area contributed by atoms with Gasteiger partial charge in [-0.05, 0) is 44.1 Å². The van der Waals surface area contributed by atoms with E-state index in [4.69, 9.17) is 0 Å². The molecule has 1 heterocycles. The second-order valence-electron chi connectivity index (χ2n) is 3.95. The highest BCUT2D eigenvalue weighted by atomic mass is 16.1. The molecule has 1 aliphatic carbocycles. The van der Waals surface area contributed by atoms with Gasteiger partial charge in [0.2, 0.25) is 5.95 Å². The fourth-order valence-electron chi connectivity index (χ4n) is 1.61. The highest BCUT2D eigenvalue weighted by molar-refractivity contribution is 6.24. The average Bonchev–Trinajstić information content (AvgIpc) is 2.35. The van der Waals surface area contributed by atoms with Crippen molar-refractivity contribution in [3.8, 4) is 0 Å². The number of carbonyl (C=O) groups excluding carboxylic acids is 1. The minimum Gasteiger partial charge on any atom is -0.289 e. The van der Waals surface area contributed by atoms with Gasteiger partial charge in [-0.25, -0.2) is 15.0 Å². The van der Waals surface area contributed by atoms with Gasteiger partial charge < -0.3 is 0 Å². The second-order valence-corrected chi connectivity index (χ2v) is 3.95. The molecule has 0 unspecified atom stereocenters. The van der Waals surface area contributed by atoms with Crippen LogP contribution < -0.4 is 0 Å². The van der Waals surface area contributed by atoms with Gasteiger partial charge in [-0.3, -0.25) is 4.79 Å². The maximum Gasteiger partial charge on any atom is 0.249 e. The first kappa shape index (κ1) is 11.4. The predicted octanol–water partition coefficient (Wildman–Crippen LogP) is 2.41. The lowest BCUT2D eigenvalue weighted by atomic mass is 9.92. The molecule has 1 aromatic rings. The third-order valence-corrected chi connectivity index (χ3v) is 2.77. The molecule has 1 aliphatic rings. The summed E-state index contributed by atoms with van der Waals surface area (Å²) >= 11 is 0. The van der Waals surface area contributed by atoms with E-state index in [0.29, 0.717) is 11.5 Å². The molecule has 0 aromatic carbocycles. The molecule has 86 valence electrons. The summed E-state index contributed by atoms with van der Waals surface area (Å²) in [6.07, 6.45) is 5.06. The van der Waals surface area contributed by atoms with E-state index in [1.807, 2.05) is 13.8 Å². The molecule has 4 nitrogen and oxygen atoms in total. The van der Waals surface area contributed by atoms with Gasteiger partial charge in [0.05, 0.1) is 5.71 Å². The van der Waals surface area contributed by atoms with Crippen LogP contribution in [0.2, 0.25) is 0 Å². The maximum absolute atomic E-state index is 11.7. The first-order valence-electron chi connectivity index (χ1n) is 5.36. The number of rotatable bonds is 1. The van der Waals surface area contributed by atoms with Gasteiger partial charge in [-0.1, -0.05) is 0 Å². The first-order chi connectivity index (χ1) is 8.09. The standard InChI is InChI=1S/C13H13N3O/c1-8-7-11(9(2)10(3)12(8)17)16-13-14-5-4-6-15-13/h4-7H,1-3H3. The lowest BCUT2D eigenvalue weighted by Gasteiger charge is -2.13. The van der Waals surface area contributed by atoms with Crippen LogP contribution in [0.3, 0.4) is 0 Å². The molecule has 0 fully saturated rings. The van der Waals surface area contributed by atoms with Crippen molar-refractivity contribution in [3.05, 3.63) is 41.3 Å². The Morgan fingerprint density at radius 3 is 2.35 bits per heavy atom. The molecule has 0 saturated heterocycles. The van der Waals surface area contributed by atoms with Crippen molar-refractivity contribution in [2.24, 2.45) is 4.99 Å². The van der Waals surface area contributed by atoms with E-state index in [1.54, 1.807) is 31.5 Å². The van der Waals surface area contributed by atoms with Crippen molar-refractivity contribution in [2.45, 2.75) is 20.8 Å². The highest BCUT2D eigenvalue weighted by Crippen LogP contribution is 2.20. The minimum absolute atomic E-state index is 0.0791. The molecule has 0 bridgehead atoms. The van der Waals surface area contributed by atoms with Crippen LogP contribution in [0, 0.1) is 0 Å². The molecule has 4 heteroatoms. The summed E-state index contributed by atoms with van der Waals surface area (Å²) in [7, 11) is 0. The van der Waals surface area contributed by atoms with Crippen LogP contribution in [-0.2, 0) is 4.79 Å². The molecule has 0 amide bonds. The number of ketones is 1. The number of allylic oxidation sites excluding steroid dienone is 4. The third-order valence-electron chi connectivity index (χ3n) is 2.77. The number of nitrogens with zero attached hydrogens (tertiary/aromatic N) is 3. The molecule has 17 heavy (non-hydrogen) atoms. The second kappa shape index (κ2) is 4.41. The number of hydrogen-bond acceptors (Lipinski definition) is 4. The van der Waals surface area contributed by atoms with Gasteiger partial charge in [-0.15, -0.1) is 0 Å². The van der Waals surface area contributed by atoms with Crippen molar-refractivity contribution in [1.82, 2.24) is 9.97 Å². The quantitative estimate of drug-likeness (QED) is 0.692. The summed E-state index contributed by atoms with van der Waals surface area (Å²) in [5.74, 6) is 0.489. The summed E-state index contributed by atoms with van der Waals surface area (Å²) in [6.45, 7) is 5.49. The fourth-order valence-corrected chi connectivity index (χ4v) is 1.61. The number of aliphatic imine (C=N–C) groups is 1. The molecule has 0 spiro atoms. The van der Waals surface area contributed by atoms with Gasteiger partial charge in [0.25, 0.3) is 0 Å². The highest BCUT2D eigenvalue weighted by Gasteiger charge is 2.18. The zero-order valence-corrected chi connectivity index (χ0v) is 10.1. The Balaban J connectivity index is 2.47. The Morgan fingerprint density at radius 2 is 1.71 bits per heavy atom. The average molecular weight is 227 g/mol. The SMILES string of the molecule is CC1=CC(=Nc2ncccn2)C(C)=C(C)C1=O. The molecule has 1 aromatic heterocycles. The molecule has 0 atom stereocenters. The van der Waals surface area contributed by atoms with E-state index >= 15 is 0 Å². The Labute approximate surface area is 99.8 Å². The molecule has 0 aliphatic heterocycles. The van der Waals surface area contributed by atoms with Crippen LogP contribution >= 0.6 is 0 Å². The van der Waals surface area contributed by atoms with Crippen LogP contribution in [0.15, 0.2) is 46.2 Å². The van der Waals surface area contributed by atoms with Gasteiger partial charge in [0.15, 0.2) is 5.78 Å². The van der Waals surface area contributed by atoms with Gasteiger partial charge in [-0.2, -0.15) is 0 Å². The molecule has 0 N–H and O–H groups in total. The van der Waals surface area contributed by atoms with Crippen LogP contribution in [0.25, 0.3) is 0 Å². The molecule has 0 radical (unpaired) electrons. The fraction of sp³-hybridized carbons (Fsp3) is 0.231. The Kier molecular flexibility index (Phi) is 2.95. The summed E-state index contributed by atoms with van der Waals surface area (Å²) in [6, 6.07) is 1.74. The number of aromatic nitrogens is 2. The largest absolute Gasteiger partial charge is 0.289 e. The lowest BCUT2D eigenvalue weighted by Crippen LogP contribution is -2.15. The Hall–Kier alpha value is -2.10. The van der Waals surface area contributed by atoms with E-state index in [1.165, 1.54) is 0 Å². The molecule has 0 saturated carbocycles. The van der Waals surface area contributed by atoms with Crippen molar-refractivity contribution >= 4 is 17.4 Å². The van der Waals surface area contributed by atoms with E-state index in [9.17, 15) is 4.79 Å². The summed E-state index contributed by atoms with van der Waals surface area (Å²) in [5.41, 5.74) is 3.07. The predicted molar refractivity (Wildman–Crippen MR) is 66.3 cm³/mol. The molecular weight excluding hydrogens is 214 g/mol. The Bertz CT molecular complexity index is 553. The molecule has 2 rings (SSSR count). The van der Waals surface area contributed by atoms with Gasteiger partial charge in [0, 0.05) is 18.0 Å². The number of carbonyl (C=O) groups is 1. The van der Waals surface area contributed by atoms with Gasteiger partial charge in [0.1, 0.15) is 0 Å². The van der Waals surface area contributed by atoms with Crippen LogP contribution in [0.5, 0.6) is 0 Å². The lowest BCUT2D eigenvalue weighted by molar-refractivity contribution is -0.112. The summed E-state index contributed by atoms with van der Waals surface area (Å²) in [5, 5.41) is 0. The van der Waals surface area contributed by atoms with Crippen molar-refractivity contribution in [3.63, 3.8) is 0 Å². The topological polar surface area (TPSA) is 55.2 Å². The van der Waals surface area contributed by atoms with E-state index < -0.39 is 0 Å². The van der Waals surface area contributed by atoms with E-state index in [2.05, 4.69) is 15.0 Å².